The van der Waals surface area contributed by atoms with Gasteiger partial charge in [-0.2, -0.15) is 26.3 Å². The first-order valence-corrected chi connectivity index (χ1v) is 7.83. The lowest BCUT2D eigenvalue weighted by atomic mass is 10.1. The summed E-state index contributed by atoms with van der Waals surface area (Å²) in [5.74, 6) is 0. The van der Waals surface area contributed by atoms with E-state index < -0.39 is 23.5 Å². The van der Waals surface area contributed by atoms with Gasteiger partial charge in [0.1, 0.15) is 5.01 Å². The molecule has 0 atom stereocenters. The lowest BCUT2D eigenvalue weighted by Crippen LogP contribution is -2.04. The molecule has 0 N–H and O–H groups in total. The van der Waals surface area contributed by atoms with Crippen molar-refractivity contribution in [1.82, 2.24) is 4.98 Å². The summed E-state index contributed by atoms with van der Waals surface area (Å²) in [4.78, 5) is 4.24. The zero-order chi connectivity index (χ0) is 18.2. The van der Waals surface area contributed by atoms with Crippen LogP contribution in [-0.2, 0) is 12.4 Å². The highest BCUT2D eigenvalue weighted by Gasteiger charge is 2.31. The van der Waals surface area contributed by atoms with Crippen molar-refractivity contribution in [2.75, 3.05) is 0 Å². The predicted octanol–water partition coefficient (Wildman–Crippen LogP) is 6.51. The molecule has 0 amide bonds. The van der Waals surface area contributed by atoms with Crippen molar-refractivity contribution >= 4 is 11.3 Å². The van der Waals surface area contributed by atoms with E-state index in [9.17, 15) is 26.3 Å². The van der Waals surface area contributed by atoms with Crippen molar-refractivity contribution in [3.05, 3.63) is 65.0 Å². The number of rotatable bonds is 2. The van der Waals surface area contributed by atoms with Gasteiger partial charge in [0.2, 0.25) is 0 Å². The molecule has 3 rings (SSSR count). The molecule has 0 aliphatic carbocycles. The van der Waals surface area contributed by atoms with Gasteiger partial charge in [0, 0.05) is 16.5 Å². The highest BCUT2D eigenvalue weighted by atomic mass is 32.1. The maximum Gasteiger partial charge on any atom is 0.416 e. The topological polar surface area (TPSA) is 12.9 Å². The van der Waals surface area contributed by atoms with Gasteiger partial charge in [-0.25, -0.2) is 4.98 Å². The molecule has 0 unspecified atom stereocenters. The van der Waals surface area contributed by atoms with E-state index in [0.29, 0.717) is 21.8 Å². The average molecular weight is 373 g/mol. The summed E-state index contributed by atoms with van der Waals surface area (Å²) in [5.41, 5.74) is -0.382. The molecule has 1 aromatic heterocycles. The zero-order valence-corrected chi connectivity index (χ0v) is 13.1. The van der Waals surface area contributed by atoms with Gasteiger partial charge >= 0.3 is 12.4 Å². The fourth-order valence-corrected chi connectivity index (χ4v) is 3.02. The number of nitrogens with zero attached hydrogens (tertiary/aromatic N) is 1. The van der Waals surface area contributed by atoms with E-state index in [4.69, 9.17) is 0 Å². The summed E-state index contributed by atoms with van der Waals surface area (Å²) >= 11 is 1.13. The molecule has 0 aliphatic rings. The summed E-state index contributed by atoms with van der Waals surface area (Å²) in [5, 5.41) is 1.96. The van der Waals surface area contributed by atoms with Crippen LogP contribution in [0.3, 0.4) is 0 Å². The molecular formula is C17H9F6NS. The van der Waals surface area contributed by atoms with Gasteiger partial charge in [-0.15, -0.1) is 11.3 Å². The minimum absolute atomic E-state index is 0.304. The Morgan fingerprint density at radius 2 is 1.36 bits per heavy atom. The largest absolute Gasteiger partial charge is 0.416 e. The average Bonchev–Trinajstić information content (AvgIpc) is 3.03. The second-order valence-corrected chi connectivity index (χ2v) is 6.05. The molecule has 0 saturated carbocycles. The molecule has 8 heteroatoms. The van der Waals surface area contributed by atoms with Crippen molar-refractivity contribution in [2.45, 2.75) is 12.4 Å². The van der Waals surface area contributed by atoms with Crippen molar-refractivity contribution < 1.29 is 26.3 Å². The van der Waals surface area contributed by atoms with E-state index >= 15 is 0 Å². The minimum atomic E-state index is -4.45. The van der Waals surface area contributed by atoms with Crippen molar-refractivity contribution in [3.8, 4) is 21.8 Å². The summed E-state index contributed by atoms with van der Waals surface area (Å²) < 4.78 is 76.1. The molecular weight excluding hydrogens is 364 g/mol. The zero-order valence-electron chi connectivity index (χ0n) is 12.3. The third-order valence-corrected chi connectivity index (χ3v) is 4.34. The summed E-state index contributed by atoms with van der Waals surface area (Å²) in [6.45, 7) is 0. The normalized spacial score (nSPS) is 12.4. The smallest absolute Gasteiger partial charge is 0.236 e. The first-order valence-electron chi connectivity index (χ1n) is 6.95. The lowest BCUT2D eigenvalue weighted by Gasteiger charge is -2.07. The Labute approximate surface area is 142 Å². The van der Waals surface area contributed by atoms with Crippen LogP contribution in [0, 0.1) is 0 Å². The Kier molecular flexibility index (Phi) is 4.32. The highest BCUT2D eigenvalue weighted by Crippen LogP contribution is 2.35. The van der Waals surface area contributed by atoms with E-state index in [2.05, 4.69) is 4.98 Å². The molecule has 0 spiro atoms. The molecule has 0 saturated heterocycles. The van der Waals surface area contributed by atoms with Crippen LogP contribution in [0.5, 0.6) is 0 Å². The maximum absolute atomic E-state index is 12.8. The second-order valence-electron chi connectivity index (χ2n) is 5.19. The number of alkyl halides is 6. The van der Waals surface area contributed by atoms with Crippen molar-refractivity contribution in [3.63, 3.8) is 0 Å². The molecule has 1 nitrogen and oxygen atoms in total. The van der Waals surface area contributed by atoms with Crippen LogP contribution in [0.15, 0.2) is 53.9 Å². The fraction of sp³-hybridized carbons (Fsp3) is 0.118. The van der Waals surface area contributed by atoms with Crippen LogP contribution in [0.1, 0.15) is 11.1 Å². The van der Waals surface area contributed by atoms with Gasteiger partial charge in [-0.1, -0.05) is 24.3 Å². The monoisotopic (exact) mass is 373 g/mol. The molecule has 25 heavy (non-hydrogen) atoms. The number of aromatic nitrogens is 1. The standard InChI is InChI=1S/C17H9F6NS/c18-16(19,20)12-6-4-10(5-7-12)14-9-25-15(24-14)11-2-1-3-13(8-11)17(21,22)23/h1-9H. The van der Waals surface area contributed by atoms with E-state index in [0.717, 1.165) is 35.6 Å². The van der Waals surface area contributed by atoms with Gasteiger partial charge in [0.05, 0.1) is 16.8 Å². The lowest BCUT2D eigenvalue weighted by molar-refractivity contribution is -0.138. The molecule has 0 bridgehead atoms. The molecule has 0 radical (unpaired) electrons. The Hall–Kier alpha value is -2.35. The van der Waals surface area contributed by atoms with Crippen LogP contribution in [-0.4, -0.2) is 4.98 Å². The van der Waals surface area contributed by atoms with E-state index in [1.54, 1.807) is 5.38 Å². The molecule has 0 aliphatic heterocycles. The summed E-state index contributed by atoms with van der Waals surface area (Å²) in [7, 11) is 0. The third kappa shape index (κ3) is 3.84. The van der Waals surface area contributed by atoms with Crippen molar-refractivity contribution in [1.29, 1.82) is 0 Å². The van der Waals surface area contributed by atoms with Crippen LogP contribution in [0.2, 0.25) is 0 Å². The second kappa shape index (κ2) is 6.18. The molecule has 3 aromatic rings. The first kappa shape index (κ1) is 17.5. The SMILES string of the molecule is FC(F)(F)c1ccc(-c2csc(-c3cccc(C(F)(F)F)c3)n2)cc1. The molecule has 130 valence electrons. The molecule has 2 aromatic carbocycles. The van der Waals surface area contributed by atoms with Gasteiger partial charge in [-0.3, -0.25) is 0 Å². The van der Waals surface area contributed by atoms with Crippen molar-refractivity contribution in [2.24, 2.45) is 0 Å². The van der Waals surface area contributed by atoms with E-state index in [1.165, 1.54) is 24.3 Å². The maximum atomic E-state index is 12.8. The van der Waals surface area contributed by atoms with E-state index in [-0.39, 0.29) is 0 Å². The van der Waals surface area contributed by atoms with Crippen LogP contribution < -0.4 is 0 Å². The number of hydrogen-bond donors (Lipinski definition) is 0. The van der Waals surface area contributed by atoms with E-state index in [1.807, 2.05) is 0 Å². The summed E-state index contributed by atoms with van der Waals surface area (Å²) in [6.07, 6.45) is -8.88. The van der Waals surface area contributed by atoms with Gasteiger partial charge < -0.3 is 0 Å². The number of hydrogen-bond acceptors (Lipinski definition) is 2. The number of benzene rings is 2. The summed E-state index contributed by atoms with van der Waals surface area (Å²) in [6, 6.07) is 9.21. The van der Waals surface area contributed by atoms with Gasteiger partial charge in [0.15, 0.2) is 0 Å². The Balaban J connectivity index is 1.91. The van der Waals surface area contributed by atoms with Crippen LogP contribution in [0.25, 0.3) is 21.8 Å². The van der Waals surface area contributed by atoms with Crippen LogP contribution >= 0.6 is 11.3 Å². The third-order valence-electron chi connectivity index (χ3n) is 3.45. The Morgan fingerprint density at radius 3 is 1.96 bits per heavy atom. The molecule has 1 heterocycles. The highest BCUT2D eigenvalue weighted by molar-refractivity contribution is 7.13. The van der Waals surface area contributed by atoms with Gasteiger partial charge in [-0.05, 0) is 24.3 Å². The molecule has 0 fully saturated rings. The quantitative estimate of drug-likeness (QED) is 0.466. The van der Waals surface area contributed by atoms with Crippen LogP contribution in [0.4, 0.5) is 26.3 Å². The Bertz CT molecular complexity index is 877. The number of halogens is 6. The van der Waals surface area contributed by atoms with Gasteiger partial charge in [0.25, 0.3) is 0 Å². The number of thiazole rings is 1. The minimum Gasteiger partial charge on any atom is -0.236 e. The Morgan fingerprint density at radius 1 is 0.720 bits per heavy atom. The first-order chi connectivity index (χ1) is 11.6. The predicted molar refractivity (Wildman–Crippen MR) is 83.0 cm³/mol. The fourth-order valence-electron chi connectivity index (χ4n) is 2.20.